The van der Waals surface area contributed by atoms with Gasteiger partial charge in [0.05, 0.1) is 30.3 Å². The second kappa shape index (κ2) is 8.74. The Balaban J connectivity index is 2.20. The van der Waals surface area contributed by atoms with Crippen molar-refractivity contribution in [3.8, 4) is 11.4 Å². The van der Waals surface area contributed by atoms with Crippen LogP contribution in [-0.2, 0) is 9.53 Å². The van der Waals surface area contributed by atoms with Crippen molar-refractivity contribution in [1.29, 1.82) is 0 Å². The van der Waals surface area contributed by atoms with Gasteiger partial charge in [-0.15, -0.1) is 0 Å². The maximum Gasteiger partial charge on any atom is 0.336 e. The molecule has 0 aliphatic rings. The van der Waals surface area contributed by atoms with E-state index in [9.17, 15) is 14.4 Å². The lowest BCUT2D eigenvalue weighted by molar-refractivity contribution is -0.124. The Labute approximate surface area is 167 Å². The molecule has 0 aliphatic carbocycles. The fourth-order valence-corrected chi connectivity index (χ4v) is 3.16. The molecule has 8 nitrogen and oxygen atoms in total. The summed E-state index contributed by atoms with van der Waals surface area (Å²) in [5, 5.41) is 3.08. The fourth-order valence-electron chi connectivity index (χ4n) is 3.16. The second-order valence-corrected chi connectivity index (χ2v) is 6.47. The molecule has 152 valence electrons. The van der Waals surface area contributed by atoms with Crippen molar-refractivity contribution in [2.24, 2.45) is 0 Å². The minimum absolute atomic E-state index is 0.324. The third-order valence-corrected chi connectivity index (χ3v) is 4.70. The van der Waals surface area contributed by atoms with Gasteiger partial charge in [0.2, 0.25) is 5.91 Å². The van der Waals surface area contributed by atoms with Gasteiger partial charge in [0.25, 0.3) is 5.56 Å². The number of nitrogens with one attached hydrogen (secondary N) is 1. The summed E-state index contributed by atoms with van der Waals surface area (Å²) in [5.41, 5.74) is -0.235. The highest BCUT2D eigenvalue weighted by molar-refractivity contribution is 5.84. The molecule has 0 aliphatic heterocycles. The highest BCUT2D eigenvalue weighted by Crippen LogP contribution is 2.16. The Morgan fingerprint density at radius 1 is 1.07 bits per heavy atom. The summed E-state index contributed by atoms with van der Waals surface area (Å²) in [4.78, 5) is 39.0. The van der Waals surface area contributed by atoms with Gasteiger partial charge in [-0.25, -0.2) is 9.36 Å². The van der Waals surface area contributed by atoms with Gasteiger partial charge in [0.15, 0.2) is 0 Å². The maximum absolute atomic E-state index is 13.3. The van der Waals surface area contributed by atoms with Crippen LogP contribution in [0.1, 0.15) is 13.0 Å². The number of hydrogen-bond acceptors (Lipinski definition) is 5. The van der Waals surface area contributed by atoms with E-state index in [0.717, 1.165) is 4.57 Å². The Bertz CT molecular complexity index is 1130. The average molecular weight is 397 g/mol. The van der Waals surface area contributed by atoms with E-state index in [1.54, 1.807) is 62.6 Å². The molecule has 8 heteroatoms. The molecule has 0 saturated carbocycles. The third-order valence-electron chi connectivity index (χ3n) is 4.70. The fraction of sp³-hybridized carbons (Fsp3) is 0.286. The molecule has 0 radical (unpaired) electrons. The van der Waals surface area contributed by atoms with Crippen LogP contribution in [0.15, 0.2) is 58.1 Å². The molecule has 1 amide bonds. The maximum atomic E-state index is 13.3. The quantitative estimate of drug-likeness (QED) is 0.610. The zero-order valence-corrected chi connectivity index (χ0v) is 16.5. The Kier molecular flexibility index (Phi) is 6.13. The molecular formula is C21H23N3O5. The number of rotatable bonds is 7. The predicted octanol–water partition coefficient (Wildman–Crippen LogP) is 1.48. The number of aromatic nitrogens is 2. The minimum atomic E-state index is -0.825. The highest BCUT2D eigenvalue weighted by atomic mass is 16.5. The van der Waals surface area contributed by atoms with Crippen molar-refractivity contribution >= 4 is 16.8 Å². The number of nitrogens with zero attached hydrogens (tertiary/aromatic N) is 2. The summed E-state index contributed by atoms with van der Waals surface area (Å²) in [7, 11) is 3.08. The summed E-state index contributed by atoms with van der Waals surface area (Å²) < 4.78 is 12.5. The van der Waals surface area contributed by atoms with Crippen molar-refractivity contribution in [2.45, 2.75) is 13.0 Å². The molecule has 1 N–H and O–H groups in total. The smallest absolute Gasteiger partial charge is 0.336 e. The van der Waals surface area contributed by atoms with Crippen LogP contribution < -0.4 is 21.3 Å². The van der Waals surface area contributed by atoms with Crippen LogP contribution in [0.25, 0.3) is 16.6 Å². The average Bonchev–Trinajstić information content (AvgIpc) is 2.74. The van der Waals surface area contributed by atoms with Crippen molar-refractivity contribution < 1.29 is 14.3 Å². The molecule has 1 aromatic heterocycles. The first-order valence-corrected chi connectivity index (χ1v) is 9.17. The van der Waals surface area contributed by atoms with Gasteiger partial charge in [-0.05, 0) is 43.3 Å². The first kappa shape index (κ1) is 20.3. The van der Waals surface area contributed by atoms with E-state index in [2.05, 4.69) is 5.32 Å². The Morgan fingerprint density at radius 3 is 2.41 bits per heavy atom. The van der Waals surface area contributed by atoms with Crippen molar-refractivity contribution in [3.63, 3.8) is 0 Å². The van der Waals surface area contributed by atoms with Crippen LogP contribution in [0.3, 0.4) is 0 Å². The van der Waals surface area contributed by atoms with Crippen LogP contribution >= 0.6 is 0 Å². The van der Waals surface area contributed by atoms with Crippen LogP contribution in [0.5, 0.6) is 5.75 Å². The van der Waals surface area contributed by atoms with Gasteiger partial charge >= 0.3 is 5.69 Å². The number of amides is 1. The van der Waals surface area contributed by atoms with Gasteiger partial charge in [-0.1, -0.05) is 12.1 Å². The van der Waals surface area contributed by atoms with Crippen molar-refractivity contribution in [2.75, 3.05) is 27.4 Å². The van der Waals surface area contributed by atoms with E-state index in [1.807, 2.05) is 0 Å². The number of hydrogen-bond donors (Lipinski definition) is 1. The van der Waals surface area contributed by atoms with Crippen LogP contribution in [0, 0.1) is 0 Å². The molecule has 0 saturated heterocycles. The number of methoxy groups -OCH3 is 2. The number of carbonyl (C=O) groups excluding carboxylic acids is 1. The lowest BCUT2D eigenvalue weighted by Gasteiger charge is -2.19. The summed E-state index contributed by atoms with van der Waals surface area (Å²) in [6, 6.07) is 12.5. The number of fused-ring (bicyclic) bond motifs is 1. The first-order chi connectivity index (χ1) is 14.0. The molecule has 2 aromatic carbocycles. The zero-order valence-electron chi connectivity index (χ0n) is 16.5. The lowest BCUT2D eigenvalue weighted by Crippen LogP contribution is -2.44. The van der Waals surface area contributed by atoms with E-state index in [4.69, 9.17) is 9.47 Å². The van der Waals surface area contributed by atoms with Crippen LogP contribution in [-0.4, -0.2) is 42.4 Å². The van der Waals surface area contributed by atoms with Gasteiger partial charge in [-0.2, -0.15) is 0 Å². The highest BCUT2D eigenvalue weighted by Gasteiger charge is 2.22. The summed E-state index contributed by atoms with van der Waals surface area (Å²) in [5.74, 6) is 0.267. The molecule has 0 unspecified atom stereocenters. The number of ether oxygens (including phenoxy) is 2. The molecule has 0 bridgehead atoms. The number of para-hydroxylation sites is 1. The normalized spacial score (nSPS) is 12.0. The summed E-state index contributed by atoms with van der Waals surface area (Å²) >= 11 is 0. The first-order valence-electron chi connectivity index (χ1n) is 9.17. The predicted molar refractivity (Wildman–Crippen MR) is 110 cm³/mol. The monoisotopic (exact) mass is 397 g/mol. The topological polar surface area (TPSA) is 91.6 Å². The zero-order chi connectivity index (χ0) is 21.0. The van der Waals surface area contributed by atoms with Crippen LogP contribution in [0.4, 0.5) is 0 Å². The number of benzene rings is 2. The van der Waals surface area contributed by atoms with E-state index in [1.165, 1.54) is 11.7 Å². The van der Waals surface area contributed by atoms with E-state index in [0.29, 0.717) is 35.5 Å². The van der Waals surface area contributed by atoms with Crippen molar-refractivity contribution in [3.05, 3.63) is 69.4 Å². The third kappa shape index (κ3) is 3.93. The molecule has 3 rings (SSSR count). The number of carbonyl (C=O) groups is 1. The molecule has 3 aromatic rings. The van der Waals surface area contributed by atoms with Crippen LogP contribution in [0.2, 0.25) is 0 Å². The van der Waals surface area contributed by atoms with Crippen molar-refractivity contribution in [1.82, 2.24) is 14.5 Å². The molecule has 29 heavy (non-hydrogen) atoms. The summed E-state index contributed by atoms with van der Waals surface area (Å²) in [6.07, 6.45) is 0. The SMILES string of the molecule is COCCNC(=O)[C@@H](C)n1c(=O)n(-c2ccc(OC)cc2)c(=O)c2ccccc21. The largest absolute Gasteiger partial charge is 0.497 e. The standard InChI is InChI=1S/C21H23N3O5/c1-14(19(25)22-12-13-28-2)23-18-7-5-4-6-17(18)20(26)24(21(23)27)15-8-10-16(29-3)11-9-15/h4-11,14H,12-13H2,1-3H3,(H,22,25)/t14-/m1/s1. The van der Waals surface area contributed by atoms with Gasteiger partial charge in [-0.3, -0.25) is 14.2 Å². The van der Waals surface area contributed by atoms with Gasteiger partial charge in [0, 0.05) is 13.7 Å². The second-order valence-electron chi connectivity index (χ2n) is 6.47. The van der Waals surface area contributed by atoms with Gasteiger partial charge < -0.3 is 14.8 Å². The summed E-state index contributed by atoms with van der Waals surface area (Å²) in [6.45, 7) is 2.31. The van der Waals surface area contributed by atoms with E-state index >= 15 is 0 Å². The van der Waals surface area contributed by atoms with E-state index < -0.39 is 17.3 Å². The molecular weight excluding hydrogens is 374 g/mol. The Morgan fingerprint density at radius 2 is 1.76 bits per heavy atom. The Hall–Kier alpha value is -3.39. The molecule has 0 spiro atoms. The molecule has 1 atom stereocenters. The molecule has 0 fully saturated rings. The van der Waals surface area contributed by atoms with Gasteiger partial charge in [0.1, 0.15) is 11.8 Å². The minimum Gasteiger partial charge on any atom is -0.497 e. The lowest BCUT2D eigenvalue weighted by atomic mass is 10.2. The molecule has 1 heterocycles. The van der Waals surface area contributed by atoms with E-state index in [-0.39, 0.29) is 5.91 Å².